The van der Waals surface area contributed by atoms with E-state index in [1.54, 1.807) is 19.2 Å². The lowest BCUT2D eigenvalue weighted by Crippen LogP contribution is -2.54. The van der Waals surface area contributed by atoms with Gasteiger partial charge in [0.1, 0.15) is 17.6 Å². The average molecular weight is 479 g/mol. The summed E-state index contributed by atoms with van der Waals surface area (Å²) in [6, 6.07) is 7.49. The van der Waals surface area contributed by atoms with Crippen LogP contribution in [0.25, 0.3) is 0 Å². The number of pyridine rings is 2. The van der Waals surface area contributed by atoms with Gasteiger partial charge in [0.15, 0.2) is 0 Å². The molecule has 1 saturated carbocycles. The molecule has 0 spiro atoms. The number of rotatable bonds is 8. The molecule has 1 amide bonds. The summed E-state index contributed by atoms with van der Waals surface area (Å²) in [6.07, 6.45) is 3.97. The van der Waals surface area contributed by atoms with Crippen LogP contribution in [0.4, 0.5) is 17.2 Å². The standard InChI is InChI=1S/C25H30N6O4/c1-16-15-30(9-10-31(16)22(32)7-11-34-2)24-18(14-26)12-20(23(29-24)17-4-5-17)28-19-6-8-27-21(13-19)25(33)35-3/h6,8,12-13,16-17H,4-5,7,9-11,15H2,1-3H3,(H,27,28)/t16-/m1/s1. The molecule has 2 aromatic rings. The van der Waals surface area contributed by atoms with E-state index in [0.717, 1.165) is 24.2 Å². The SMILES string of the molecule is COCCC(=O)N1CCN(c2nc(C3CC3)c(Nc3ccnc(C(=O)OC)c3)cc2C#N)C[C@H]1C. The molecule has 4 rings (SSSR count). The summed E-state index contributed by atoms with van der Waals surface area (Å²) >= 11 is 0. The topological polar surface area (TPSA) is 121 Å². The van der Waals surface area contributed by atoms with E-state index in [2.05, 4.69) is 21.3 Å². The van der Waals surface area contributed by atoms with Crippen molar-refractivity contribution in [3.8, 4) is 6.07 Å². The van der Waals surface area contributed by atoms with Crippen molar-refractivity contribution in [1.82, 2.24) is 14.9 Å². The van der Waals surface area contributed by atoms with Crippen molar-refractivity contribution in [2.75, 3.05) is 50.7 Å². The van der Waals surface area contributed by atoms with Crippen molar-refractivity contribution in [2.45, 2.75) is 38.1 Å². The van der Waals surface area contributed by atoms with E-state index in [-0.39, 0.29) is 17.6 Å². The Hall–Kier alpha value is -3.71. The number of hydrogen-bond donors (Lipinski definition) is 1. The van der Waals surface area contributed by atoms with Gasteiger partial charge in [-0.3, -0.25) is 4.79 Å². The Balaban J connectivity index is 1.58. The number of aromatic nitrogens is 2. The summed E-state index contributed by atoms with van der Waals surface area (Å²) in [7, 11) is 2.90. The summed E-state index contributed by atoms with van der Waals surface area (Å²) in [6.45, 7) is 4.20. The van der Waals surface area contributed by atoms with Crippen LogP contribution < -0.4 is 10.2 Å². The van der Waals surface area contributed by atoms with Crippen molar-refractivity contribution in [3.05, 3.63) is 41.3 Å². The van der Waals surface area contributed by atoms with Crippen molar-refractivity contribution < 1.29 is 19.1 Å². The zero-order chi connectivity index (χ0) is 24.9. The number of piperazine rings is 1. The highest BCUT2D eigenvalue weighted by Gasteiger charge is 2.33. The van der Waals surface area contributed by atoms with Crippen LogP contribution in [0.2, 0.25) is 0 Å². The number of carbonyl (C=O) groups excluding carboxylic acids is 2. The normalized spacial score (nSPS) is 17.6. The third kappa shape index (κ3) is 5.52. The number of amides is 1. The third-order valence-electron chi connectivity index (χ3n) is 6.32. The monoisotopic (exact) mass is 478 g/mol. The molecule has 2 aromatic heterocycles. The van der Waals surface area contributed by atoms with Crippen LogP contribution in [0.3, 0.4) is 0 Å². The molecule has 0 unspecified atom stereocenters. The first-order valence-electron chi connectivity index (χ1n) is 11.7. The van der Waals surface area contributed by atoms with Crippen LogP contribution in [-0.4, -0.2) is 73.2 Å². The molecule has 3 heterocycles. The molecule has 35 heavy (non-hydrogen) atoms. The first-order chi connectivity index (χ1) is 16.9. The fourth-order valence-corrected chi connectivity index (χ4v) is 4.34. The summed E-state index contributed by atoms with van der Waals surface area (Å²) < 4.78 is 9.80. The second-order valence-electron chi connectivity index (χ2n) is 8.85. The molecular formula is C25H30N6O4. The summed E-state index contributed by atoms with van der Waals surface area (Å²) in [5, 5.41) is 13.3. The molecule has 184 valence electrons. The van der Waals surface area contributed by atoms with Crippen LogP contribution in [-0.2, 0) is 14.3 Å². The number of hydrogen-bond acceptors (Lipinski definition) is 9. The van der Waals surface area contributed by atoms with E-state index < -0.39 is 5.97 Å². The molecule has 1 aliphatic carbocycles. The molecule has 1 N–H and O–H groups in total. The minimum atomic E-state index is -0.517. The Morgan fingerprint density at radius 2 is 2.06 bits per heavy atom. The number of carbonyl (C=O) groups is 2. The Kier molecular flexibility index (Phi) is 7.46. The van der Waals surface area contributed by atoms with Crippen molar-refractivity contribution >= 4 is 29.1 Å². The fraction of sp³-hybridized carbons (Fsp3) is 0.480. The summed E-state index contributed by atoms with van der Waals surface area (Å²) in [4.78, 5) is 37.4. The van der Waals surface area contributed by atoms with Crippen LogP contribution in [0.15, 0.2) is 24.4 Å². The number of nitrogens with one attached hydrogen (secondary N) is 1. The van der Waals surface area contributed by atoms with Crippen LogP contribution in [0.5, 0.6) is 0 Å². The number of nitriles is 1. The van der Waals surface area contributed by atoms with Gasteiger partial charge in [0.05, 0.1) is 37.1 Å². The molecule has 1 aliphatic heterocycles. The van der Waals surface area contributed by atoms with Crippen molar-refractivity contribution in [3.63, 3.8) is 0 Å². The van der Waals surface area contributed by atoms with Gasteiger partial charge in [0.25, 0.3) is 0 Å². The first kappa shape index (κ1) is 24.4. The maximum atomic E-state index is 12.5. The van der Waals surface area contributed by atoms with E-state index in [0.29, 0.717) is 55.6 Å². The molecule has 10 nitrogen and oxygen atoms in total. The Morgan fingerprint density at radius 1 is 1.26 bits per heavy atom. The molecule has 0 aromatic carbocycles. The zero-order valence-corrected chi connectivity index (χ0v) is 20.3. The van der Waals surface area contributed by atoms with Gasteiger partial charge in [0, 0.05) is 50.6 Å². The molecule has 0 bridgehead atoms. The Bertz CT molecular complexity index is 1140. The maximum Gasteiger partial charge on any atom is 0.356 e. The van der Waals surface area contributed by atoms with Crippen LogP contribution >= 0.6 is 0 Å². The highest BCUT2D eigenvalue weighted by atomic mass is 16.5. The number of esters is 1. The van der Waals surface area contributed by atoms with E-state index in [1.807, 2.05) is 17.9 Å². The number of nitrogens with zero attached hydrogens (tertiary/aromatic N) is 5. The van der Waals surface area contributed by atoms with Gasteiger partial charge in [-0.25, -0.2) is 14.8 Å². The third-order valence-corrected chi connectivity index (χ3v) is 6.32. The molecule has 1 atom stereocenters. The summed E-state index contributed by atoms with van der Waals surface area (Å²) in [5.41, 5.74) is 2.98. The van der Waals surface area contributed by atoms with Gasteiger partial charge in [-0.15, -0.1) is 0 Å². The van der Waals surface area contributed by atoms with Gasteiger partial charge in [-0.2, -0.15) is 5.26 Å². The van der Waals surface area contributed by atoms with Gasteiger partial charge >= 0.3 is 5.97 Å². The second kappa shape index (κ2) is 10.7. The molecule has 0 radical (unpaired) electrons. The Labute approximate surface area is 204 Å². The largest absolute Gasteiger partial charge is 0.464 e. The highest BCUT2D eigenvalue weighted by molar-refractivity contribution is 5.88. The minimum Gasteiger partial charge on any atom is -0.464 e. The number of anilines is 3. The lowest BCUT2D eigenvalue weighted by atomic mass is 10.1. The second-order valence-corrected chi connectivity index (χ2v) is 8.85. The molecular weight excluding hydrogens is 448 g/mol. The van der Waals surface area contributed by atoms with Gasteiger partial charge in [-0.1, -0.05) is 0 Å². The van der Waals surface area contributed by atoms with Gasteiger partial charge in [0.2, 0.25) is 5.91 Å². The predicted molar refractivity (Wildman–Crippen MR) is 130 cm³/mol. The lowest BCUT2D eigenvalue weighted by molar-refractivity contribution is -0.134. The van der Waals surface area contributed by atoms with E-state index in [1.165, 1.54) is 13.3 Å². The van der Waals surface area contributed by atoms with Crippen molar-refractivity contribution in [2.24, 2.45) is 0 Å². The number of methoxy groups -OCH3 is 2. The maximum absolute atomic E-state index is 12.5. The van der Waals surface area contributed by atoms with E-state index >= 15 is 0 Å². The lowest BCUT2D eigenvalue weighted by Gasteiger charge is -2.41. The average Bonchev–Trinajstić information content (AvgIpc) is 3.72. The minimum absolute atomic E-state index is 0.00260. The zero-order valence-electron chi connectivity index (χ0n) is 20.3. The highest BCUT2D eigenvalue weighted by Crippen LogP contribution is 2.44. The Morgan fingerprint density at radius 3 is 2.71 bits per heavy atom. The summed E-state index contributed by atoms with van der Waals surface area (Å²) in [5.74, 6) is 0.534. The van der Waals surface area contributed by atoms with Gasteiger partial charge < -0.3 is 24.6 Å². The fourth-order valence-electron chi connectivity index (χ4n) is 4.34. The van der Waals surface area contributed by atoms with Gasteiger partial charge in [-0.05, 0) is 38.0 Å². The quantitative estimate of drug-likeness (QED) is 0.571. The molecule has 2 fully saturated rings. The van der Waals surface area contributed by atoms with Crippen molar-refractivity contribution in [1.29, 1.82) is 5.26 Å². The van der Waals surface area contributed by atoms with Crippen LogP contribution in [0.1, 0.15) is 53.8 Å². The molecule has 2 aliphatic rings. The smallest absolute Gasteiger partial charge is 0.356 e. The van der Waals surface area contributed by atoms with E-state index in [9.17, 15) is 14.9 Å². The molecule has 10 heteroatoms. The first-order valence-corrected chi connectivity index (χ1v) is 11.7. The molecule has 1 saturated heterocycles. The predicted octanol–water partition coefficient (Wildman–Crippen LogP) is 2.83. The van der Waals surface area contributed by atoms with E-state index in [4.69, 9.17) is 14.5 Å². The number of ether oxygens (including phenoxy) is 2. The van der Waals surface area contributed by atoms with Crippen LogP contribution in [0, 0.1) is 11.3 Å².